The van der Waals surface area contributed by atoms with Crippen molar-refractivity contribution in [3.05, 3.63) is 46.4 Å². The van der Waals surface area contributed by atoms with Crippen molar-refractivity contribution in [2.45, 2.75) is 6.54 Å². The van der Waals surface area contributed by atoms with Crippen molar-refractivity contribution in [1.82, 2.24) is 10.3 Å². The summed E-state index contributed by atoms with van der Waals surface area (Å²) in [6, 6.07) is 7.05. The summed E-state index contributed by atoms with van der Waals surface area (Å²) in [6.07, 6.45) is 1.55. The van der Waals surface area contributed by atoms with E-state index in [2.05, 4.69) is 15.6 Å². The van der Waals surface area contributed by atoms with Crippen molar-refractivity contribution in [2.75, 3.05) is 5.32 Å². The standard InChI is InChI=1S/C12H10ClN3O2S/c13-9-3-1-2-8(6-9)7-15-10(17)11(18)16-12-14-4-5-19-12/h1-6H,7H2,(H,15,17)(H,14,16,18). The monoisotopic (exact) mass is 295 g/mol. The number of thiazole rings is 1. The van der Waals surface area contributed by atoms with Crippen LogP contribution in [0, 0.1) is 0 Å². The van der Waals surface area contributed by atoms with Crippen molar-refractivity contribution in [1.29, 1.82) is 0 Å². The number of carbonyl (C=O) groups excluding carboxylic acids is 2. The Balaban J connectivity index is 1.85. The quantitative estimate of drug-likeness (QED) is 0.851. The van der Waals surface area contributed by atoms with Crippen LogP contribution in [0.25, 0.3) is 0 Å². The fourth-order valence-corrected chi connectivity index (χ4v) is 2.09. The van der Waals surface area contributed by atoms with E-state index in [1.807, 2.05) is 6.07 Å². The van der Waals surface area contributed by atoms with Gasteiger partial charge in [0.15, 0.2) is 5.13 Å². The normalized spacial score (nSPS) is 9.95. The molecular weight excluding hydrogens is 286 g/mol. The van der Waals surface area contributed by atoms with Gasteiger partial charge in [-0.1, -0.05) is 23.7 Å². The second kappa shape index (κ2) is 6.31. The Bertz CT molecular complexity index is 586. The average Bonchev–Trinajstić information content (AvgIpc) is 2.89. The Morgan fingerprint density at radius 2 is 2.16 bits per heavy atom. The first-order valence-corrected chi connectivity index (χ1v) is 6.64. The van der Waals surface area contributed by atoms with E-state index in [4.69, 9.17) is 11.6 Å². The molecule has 1 aromatic heterocycles. The molecule has 98 valence electrons. The molecule has 2 amide bonds. The number of nitrogens with one attached hydrogen (secondary N) is 2. The van der Waals surface area contributed by atoms with Crippen molar-refractivity contribution < 1.29 is 9.59 Å². The van der Waals surface area contributed by atoms with E-state index in [0.29, 0.717) is 10.2 Å². The first-order chi connectivity index (χ1) is 9.15. The molecule has 0 radical (unpaired) electrons. The summed E-state index contributed by atoms with van der Waals surface area (Å²) in [6.45, 7) is 0.241. The molecule has 0 aliphatic carbocycles. The van der Waals surface area contributed by atoms with Crippen LogP contribution in [0.5, 0.6) is 0 Å². The van der Waals surface area contributed by atoms with Crippen LogP contribution in [0.4, 0.5) is 5.13 Å². The van der Waals surface area contributed by atoms with Crippen LogP contribution in [0.15, 0.2) is 35.8 Å². The maximum absolute atomic E-state index is 11.5. The van der Waals surface area contributed by atoms with Gasteiger partial charge in [-0.25, -0.2) is 4.98 Å². The maximum Gasteiger partial charge on any atom is 0.315 e. The highest BCUT2D eigenvalue weighted by atomic mass is 35.5. The summed E-state index contributed by atoms with van der Waals surface area (Å²) in [5.41, 5.74) is 0.822. The molecule has 0 aliphatic heterocycles. The summed E-state index contributed by atoms with van der Waals surface area (Å²) >= 11 is 7.06. The van der Waals surface area contributed by atoms with Gasteiger partial charge in [-0.3, -0.25) is 14.9 Å². The number of aromatic nitrogens is 1. The molecule has 0 unspecified atom stereocenters. The molecule has 1 aromatic carbocycles. The maximum atomic E-state index is 11.5. The molecular formula is C12H10ClN3O2S. The van der Waals surface area contributed by atoms with Gasteiger partial charge in [0, 0.05) is 23.1 Å². The minimum Gasteiger partial charge on any atom is -0.344 e. The minimum atomic E-state index is -0.739. The highest BCUT2D eigenvalue weighted by molar-refractivity contribution is 7.13. The molecule has 0 aliphatic rings. The lowest BCUT2D eigenvalue weighted by molar-refractivity contribution is -0.136. The number of nitrogens with zero attached hydrogens (tertiary/aromatic N) is 1. The molecule has 0 atom stereocenters. The second-order valence-electron chi connectivity index (χ2n) is 3.60. The van der Waals surface area contributed by atoms with Gasteiger partial charge in [-0.2, -0.15) is 0 Å². The highest BCUT2D eigenvalue weighted by Gasteiger charge is 2.14. The zero-order chi connectivity index (χ0) is 13.7. The molecule has 0 saturated carbocycles. The van der Waals surface area contributed by atoms with Gasteiger partial charge in [0.05, 0.1) is 0 Å². The van der Waals surface area contributed by atoms with Gasteiger partial charge in [0.1, 0.15) is 0 Å². The summed E-state index contributed by atoms with van der Waals surface area (Å²) in [5, 5.41) is 7.59. The first-order valence-electron chi connectivity index (χ1n) is 5.38. The molecule has 2 N–H and O–H groups in total. The van der Waals surface area contributed by atoms with Crippen molar-refractivity contribution in [2.24, 2.45) is 0 Å². The van der Waals surface area contributed by atoms with E-state index in [0.717, 1.165) is 5.56 Å². The highest BCUT2D eigenvalue weighted by Crippen LogP contribution is 2.11. The summed E-state index contributed by atoms with van der Waals surface area (Å²) in [4.78, 5) is 26.9. The number of amides is 2. The van der Waals surface area contributed by atoms with E-state index >= 15 is 0 Å². The minimum absolute atomic E-state index is 0.241. The Kier molecular flexibility index (Phi) is 4.48. The van der Waals surface area contributed by atoms with Crippen LogP contribution in [-0.4, -0.2) is 16.8 Å². The molecule has 2 rings (SSSR count). The van der Waals surface area contributed by atoms with Gasteiger partial charge in [-0.05, 0) is 17.7 Å². The van der Waals surface area contributed by atoms with E-state index in [1.54, 1.807) is 29.8 Å². The predicted molar refractivity (Wildman–Crippen MR) is 74.0 cm³/mol. The molecule has 0 bridgehead atoms. The van der Waals surface area contributed by atoms with Gasteiger partial charge >= 0.3 is 11.8 Å². The first kappa shape index (κ1) is 13.5. The van der Waals surface area contributed by atoms with Crippen LogP contribution in [-0.2, 0) is 16.1 Å². The lowest BCUT2D eigenvalue weighted by Gasteiger charge is -2.05. The molecule has 5 nitrogen and oxygen atoms in total. The fourth-order valence-electron chi connectivity index (χ4n) is 1.35. The molecule has 0 spiro atoms. The lowest BCUT2D eigenvalue weighted by Crippen LogP contribution is -2.34. The third kappa shape index (κ3) is 4.04. The van der Waals surface area contributed by atoms with E-state index < -0.39 is 11.8 Å². The van der Waals surface area contributed by atoms with Gasteiger partial charge in [0.2, 0.25) is 0 Å². The van der Waals surface area contributed by atoms with Crippen molar-refractivity contribution >= 4 is 39.9 Å². The molecule has 0 fully saturated rings. The van der Waals surface area contributed by atoms with Gasteiger partial charge < -0.3 is 5.32 Å². The van der Waals surface area contributed by atoms with Gasteiger partial charge in [-0.15, -0.1) is 11.3 Å². The summed E-state index contributed by atoms with van der Waals surface area (Å²) in [7, 11) is 0. The van der Waals surface area contributed by atoms with Crippen LogP contribution in [0.3, 0.4) is 0 Å². The Hall–Kier alpha value is -1.92. The van der Waals surface area contributed by atoms with E-state index in [9.17, 15) is 9.59 Å². The van der Waals surface area contributed by atoms with Crippen molar-refractivity contribution in [3.8, 4) is 0 Å². The van der Waals surface area contributed by atoms with E-state index in [1.165, 1.54) is 11.3 Å². The Morgan fingerprint density at radius 3 is 2.84 bits per heavy atom. The molecule has 19 heavy (non-hydrogen) atoms. The van der Waals surface area contributed by atoms with Gasteiger partial charge in [0.25, 0.3) is 0 Å². The number of rotatable bonds is 3. The number of anilines is 1. The summed E-state index contributed by atoms with van der Waals surface area (Å²) < 4.78 is 0. The average molecular weight is 296 g/mol. The van der Waals surface area contributed by atoms with E-state index in [-0.39, 0.29) is 6.54 Å². The number of carbonyl (C=O) groups is 2. The Morgan fingerprint density at radius 1 is 1.32 bits per heavy atom. The number of halogens is 1. The predicted octanol–water partition coefficient (Wildman–Crippen LogP) is 2.05. The smallest absolute Gasteiger partial charge is 0.315 e. The third-order valence-corrected chi connectivity index (χ3v) is 3.12. The summed E-state index contributed by atoms with van der Waals surface area (Å²) in [5.74, 6) is -1.45. The van der Waals surface area contributed by atoms with Crippen LogP contribution < -0.4 is 10.6 Å². The molecule has 0 saturated heterocycles. The zero-order valence-corrected chi connectivity index (χ0v) is 11.3. The Labute approximate surface area is 118 Å². The topological polar surface area (TPSA) is 71.1 Å². The van der Waals surface area contributed by atoms with Crippen molar-refractivity contribution in [3.63, 3.8) is 0 Å². The van der Waals surface area contributed by atoms with Crippen LogP contribution >= 0.6 is 22.9 Å². The number of benzene rings is 1. The fraction of sp³-hybridized carbons (Fsp3) is 0.0833. The molecule has 2 aromatic rings. The zero-order valence-electron chi connectivity index (χ0n) is 9.72. The molecule has 1 heterocycles. The number of hydrogen-bond donors (Lipinski definition) is 2. The number of hydrogen-bond acceptors (Lipinski definition) is 4. The van der Waals surface area contributed by atoms with Crippen LogP contribution in [0.1, 0.15) is 5.56 Å². The largest absolute Gasteiger partial charge is 0.344 e. The lowest BCUT2D eigenvalue weighted by atomic mass is 10.2. The molecule has 7 heteroatoms. The van der Waals surface area contributed by atoms with Crippen LogP contribution in [0.2, 0.25) is 5.02 Å². The SMILES string of the molecule is O=C(NCc1cccc(Cl)c1)C(=O)Nc1nccs1. The second-order valence-corrected chi connectivity index (χ2v) is 4.93. The third-order valence-electron chi connectivity index (χ3n) is 2.20.